The van der Waals surface area contributed by atoms with Crippen LogP contribution in [0.3, 0.4) is 0 Å². The van der Waals surface area contributed by atoms with Crippen LogP contribution in [0.5, 0.6) is 0 Å². The van der Waals surface area contributed by atoms with E-state index in [1.54, 1.807) is 12.4 Å². The first kappa shape index (κ1) is 14.8. The molecule has 0 unspecified atom stereocenters. The number of carbonyl (C=O) groups excluding carboxylic acids is 1. The summed E-state index contributed by atoms with van der Waals surface area (Å²) in [5, 5.41) is 3.11. The van der Waals surface area contributed by atoms with Crippen molar-refractivity contribution in [3.8, 4) is 0 Å². The first-order valence-electron chi connectivity index (χ1n) is 8.36. The third-order valence-electron chi connectivity index (χ3n) is 4.95. The highest BCUT2D eigenvalue weighted by Crippen LogP contribution is 2.42. The molecule has 0 bridgehead atoms. The number of benzene rings is 2. The molecule has 1 aliphatic rings. The van der Waals surface area contributed by atoms with Crippen molar-refractivity contribution in [1.29, 1.82) is 0 Å². The molecule has 1 amide bonds. The Hall–Kier alpha value is -2.75. The lowest BCUT2D eigenvalue weighted by Crippen LogP contribution is -2.37. The number of aromatic nitrogens is 2. The standard InChI is InChI=1S/C20H19N3O/c24-19(20(10-4-5-11-20)15-6-2-1-3-7-15)23-16-8-9-17-18(14-16)22-13-12-21-17/h1-3,6-9,12-14H,4-5,10-11H2,(H,23,24). The molecule has 3 aromatic rings. The van der Waals surface area contributed by atoms with E-state index in [4.69, 9.17) is 0 Å². The Balaban J connectivity index is 1.65. The Labute approximate surface area is 141 Å². The van der Waals surface area contributed by atoms with Gasteiger partial charge in [-0.2, -0.15) is 0 Å². The zero-order valence-electron chi connectivity index (χ0n) is 13.4. The lowest BCUT2D eigenvalue weighted by molar-refractivity contribution is -0.121. The molecule has 0 atom stereocenters. The maximum absolute atomic E-state index is 13.1. The van der Waals surface area contributed by atoms with Gasteiger partial charge in [0.1, 0.15) is 0 Å². The molecule has 1 aromatic heterocycles. The molecule has 1 saturated carbocycles. The second-order valence-corrected chi connectivity index (χ2v) is 6.37. The average molecular weight is 317 g/mol. The molecule has 4 nitrogen and oxygen atoms in total. The van der Waals surface area contributed by atoms with Crippen molar-refractivity contribution in [1.82, 2.24) is 9.97 Å². The summed E-state index contributed by atoms with van der Waals surface area (Å²) in [6.07, 6.45) is 7.31. The zero-order chi connectivity index (χ0) is 16.4. The summed E-state index contributed by atoms with van der Waals surface area (Å²) in [6, 6.07) is 15.8. The van der Waals surface area contributed by atoms with Gasteiger partial charge in [-0.3, -0.25) is 14.8 Å². The van der Waals surface area contributed by atoms with Gasteiger partial charge in [-0.15, -0.1) is 0 Å². The summed E-state index contributed by atoms with van der Waals surface area (Å²) in [7, 11) is 0. The van der Waals surface area contributed by atoms with Gasteiger partial charge in [-0.1, -0.05) is 43.2 Å². The highest BCUT2D eigenvalue weighted by atomic mass is 16.2. The average Bonchev–Trinajstić information content (AvgIpc) is 3.13. The van der Waals surface area contributed by atoms with Gasteiger partial charge in [0.2, 0.25) is 5.91 Å². The van der Waals surface area contributed by atoms with Crippen LogP contribution in [0.1, 0.15) is 31.2 Å². The minimum atomic E-state index is -0.418. The van der Waals surface area contributed by atoms with E-state index >= 15 is 0 Å². The summed E-state index contributed by atoms with van der Waals surface area (Å²) in [5.74, 6) is 0.0782. The van der Waals surface area contributed by atoms with E-state index < -0.39 is 5.41 Å². The molecule has 0 spiro atoms. The van der Waals surface area contributed by atoms with Gasteiger partial charge in [0.05, 0.1) is 16.4 Å². The van der Waals surface area contributed by atoms with Crippen molar-refractivity contribution in [2.75, 3.05) is 5.32 Å². The van der Waals surface area contributed by atoms with Crippen LogP contribution in [0.25, 0.3) is 11.0 Å². The summed E-state index contributed by atoms with van der Waals surface area (Å²) in [6.45, 7) is 0. The topological polar surface area (TPSA) is 54.9 Å². The fraction of sp³-hybridized carbons (Fsp3) is 0.250. The van der Waals surface area contributed by atoms with Crippen molar-refractivity contribution in [3.63, 3.8) is 0 Å². The molecule has 4 heteroatoms. The number of amides is 1. The van der Waals surface area contributed by atoms with Gasteiger partial charge in [0.15, 0.2) is 0 Å². The Morgan fingerprint density at radius 2 is 1.62 bits per heavy atom. The van der Waals surface area contributed by atoms with Crippen molar-refractivity contribution in [3.05, 3.63) is 66.5 Å². The number of rotatable bonds is 3. The molecular formula is C20H19N3O. The quantitative estimate of drug-likeness (QED) is 0.792. The fourth-order valence-corrected chi connectivity index (χ4v) is 3.67. The second-order valence-electron chi connectivity index (χ2n) is 6.37. The Morgan fingerprint density at radius 1 is 0.917 bits per heavy atom. The molecule has 2 aromatic carbocycles. The number of anilines is 1. The Morgan fingerprint density at radius 3 is 2.38 bits per heavy atom. The first-order valence-corrected chi connectivity index (χ1v) is 8.36. The molecule has 1 aliphatic carbocycles. The highest BCUT2D eigenvalue weighted by molar-refractivity contribution is 6.00. The third kappa shape index (κ3) is 2.54. The number of nitrogens with zero attached hydrogens (tertiary/aromatic N) is 2. The smallest absolute Gasteiger partial charge is 0.235 e. The SMILES string of the molecule is O=C(Nc1ccc2nccnc2c1)C1(c2ccccc2)CCCC1. The summed E-state index contributed by atoms with van der Waals surface area (Å²) in [5.41, 5.74) is 3.08. The first-order chi connectivity index (χ1) is 11.8. The van der Waals surface area contributed by atoms with Crippen molar-refractivity contribution in [2.24, 2.45) is 0 Å². The monoisotopic (exact) mass is 317 g/mol. The van der Waals surface area contributed by atoms with Gasteiger partial charge < -0.3 is 5.32 Å². The molecule has 4 rings (SSSR count). The molecule has 0 saturated heterocycles. The van der Waals surface area contributed by atoms with E-state index in [2.05, 4.69) is 27.4 Å². The highest BCUT2D eigenvalue weighted by Gasteiger charge is 2.42. The number of hydrogen-bond acceptors (Lipinski definition) is 3. The van der Waals surface area contributed by atoms with Gasteiger partial charge in [0.25, 0.3) is 0 Å². The fourth-order valence-electron chi connectivity index (χ4n) is 3.67. The number of nitrogens with one attached hydrogen (secondary N) is 1. The van der Waals surface area contributed by atoms with Crippen molar-refractivity contribution in [2.45, 2.75) is 31.1 Å². The summed E-state index contributed by atoms with van der Waals surface area (Å²) in [4.78, 5) is 21.7. The number of carbonyl (C=O) groups is 1. The van der Waals surface area contributed by atoms with Crippen LogP contribution >= 0.6 is 0 Å². The van der Waals surface area contributed by atoms with E-state index in [0.29, 0.717) is 0 Å². The largest absolute Gasteiger partial charge is 0.325 e. The van der Waals surface area contributed by atoms with E-state index in [-0.39, 0.29) is 5.91 Å². The predicted molar refractivity (Wildman–Crippen MR) is 94.8 cm³/mol. The number of hydrogen-bond donors (Lipinski definition) is 1. The Bertz CT molecular complexity index is 870. The van der Waals surface area contributed by atoms with Crippen LogP contribution in [0.4, 0.5) is 5.69 Å². The van der Waals surface area contributed by atoms with Gasteiger partial charge >= 0.3 is 0 Å². The molecule has 120 valence electrons. The number of fused-ring (bicyclic) bond motifs is 1. The van der Waals surface area contributed by atoms with Gasteiger partial charge in [-0.05, 0) is 36.6 Å². The van der Waals surface area contributed by atoms with E-state index in [1.165, 1.54) is 0 Å². The molecule has 1 N–H and O–H groups in total. The molecular weight excluding hydrogens is 298 g/mol. The molecule has 1 heterocycles. The molecule has 0 aliphatic heterocycles. The molecule has 1 fully saturated rings. The summed E-state index contributed by atoms with van der Waals surface area (Å²) < 4.78 is 0. The minimum absolute atomic E-state index is 0.0782. The lowest BCUT2D eigenvalue weighted by atomic mass is 9.78. The molecule has 24 heavy (non-hydrogen) atoms. The van der Waals surface area contributed by atoms with Crippen LogP contribution in [0.2, 0.25) is 0 Å². The van der Waals surface area contributed by atoms with E-state index in [9.17, 15) is 4.79 Å². The van der Waals surface area contributed by atoms with Crippen LogP contribution in [0.15, 0.2) is 60.9 Å². The summed E-state index contributed by atoms with van der Waals surface area (Å²) >= 11 is 0. The lowest BCUT2D eigenvalue weighted by Gasteiger charge is -2.28. The normalized spacial score (nSPS) is 16.2. The van der Waals surface area contributed by atoms with Crippen LogP contribution in [-0.4, -0.2) is 15.9 Å². The maximum Gasteiger partial charge on any atom is 0.235 e. The Kier molecular flexibility index (Phi) is 3.73. The zero-order valence-corrected chi connectivity index (χ0v) is 13.4. The van der Waals surface area contributed by atoms with E-state index in [1.807, 2.05) is 36.4 Å². The predicted octanol–water partition coefficient (Wildman–Crippen LogP) is 4.08. The maximum atomic E-state index is 13.1. The molecule has 0 radical (unpaired) electrons. The van der Waals surface area contributed by atoms with Crippen molar-refractivity contribution < 1.29 is 4.79 Å². The van der Waals surface area contributed by atoms with Crippen LogP contribution in [0, 0.1) is 0 Å². The van der Waals surface area contributed by atoms with Crippen LogP contribution in [-0.2, 0) is 10.2 Å². The second kappa shape index (κ2) is 6.04. The van der Waals surface area contributed by atoms with E-state index in [0.717, 1.165) is 48.0 Å². The third-order valence-corrected chi connectivity index (χ3v) is 4.95. The van der Waals surface area contributed by atoms with Gasteiger partial charge in [0, 0.05) is 18.1 Å². The minimum Gasteiger partial charge on any atom is -0.325 e. The van der Waals surface area contributed by atoms with Gasteiger partial charge in [-0.25, -0.2) is 0 Å². The van der Waals surface area contributed by atoms with Crippen LogP contribution < -0.4 is 5.32 Å². The van der Waals surface area contributed by atoms with Crippen molar-refractivity contribution >= 4 is 22.6 Å².